The SMILES string of the molecule is CCCCCCCCCCCCCCCCCCCCCCCCCCCCCCCCC(O)C(COP(=O)(O)OCC[N+](C)(C)C)NC(=O)CCCCCCCCCCCCCCCCC. The number of nitrogens with zero attached hydrogens (tertiary/aromatic N) is 1. The molecule has 0 fully saturated rings. The first-order valence-corrected chi connectivity index (χ1v) is 31.4. The van der Waals surface area contributed by atoms with Gasteiger partial charge in [0.2, 0.25) is 5.91 Å². The molecule has 67 heavy (non-hydrogen) atoms. The number of unbranched alkanes of at least 4 members (excludes halogenated alkanes) is 43. The van der Waals surface area contributed by atoms with Crippen LogP contribution >= 0.6 is 7.82 Å². The first-order chi connectivity index (χ1) is 32.5. The summed E-state index contributed by atoms with van der Waals surface area (Å²) in [6.45, 7) is 4.94. The quantitative estimate of drug-likeness (QED) is 0.0319. The molecule has 3 N–H and O–H groups in total. The summed E-state index contributed by atoms with van der Waals surface area (Å²) < 4.78 is 23.8. The zero-order chi connectivity index (χ0) is 49.2. The molecule has 1 amide bonds. The second-order valence-electron chi connectivity index (χ2n) is 22.1. The molecular weight excluding hydrogens is 852 g/mol. The molecular formula is C58H120N2O6P+. The van der Waals surface area contributed by atoms with E-state index in [0.717, 1.165) is 38.5 Å². The first-order valence-electron chi connectivity index (χ1n) is 29.9. The van der Waals surface area contributed by atoms with Crippen molar-refractivity contribution in [1.29, 1.82) is 0 Å². The Kier molecular flexibility index (Phi) is 50.1. The third-order valence-electron chi connectivity index (χ3n) is 14.1. The molecule has 0 saturated carbocycles. The minimum atomic E-state index is -4.32. The maximum absolute atomic E-state index is 13.0. The topological polar surface area (TPSA) is 105 Å². The second kappa shape index (κ2) is 50.4. The summed E-state index contributed by atoms with van der Waals surface area (Å²) in [6, 6.07) is -0.755. The van der Waals surface area contributed by atoms with Crippen LogP contribution in [0.15, 0.2) is 0 Å². The second-order valence-corrected chi connectivity index (χ2v) is 23.5. The Morgan fingerprint density at radius 2 is 0.716 bits per heavy atom. The number of phosphoric ester groups is 1. The predicted molar refractivity (Wildman–Crippen MR) is 291 cm³/mol. The molecule has 0 bridgehead atoms. The van der Waals surface area contributed by atoms with Crippen LogP contribution in [0.3, 0.4) is 0 Å². The smallest absolute Gasteiger partial charge is 0.391 e. The van der Waals surface area contributed by atoms with Gasteiger partial charge in [0, 0.05) is 6.42 Å². The van der Waals surface area contributed by atoms with Gasteiger partial charge in [-0.1, -0.05) is 296 Å². The van der Waals surface area contributed by atoms with Gasteiger partial charge < -0.3 is 19.8 Å². The molecule has 3 unspecified atom stereocenters. The normalized spacial score (nSPS) is 13.8. The number of rotatable bonds is 56. The summed E-state index contributed by atoms with van der Waals surface area (Å²) in [7, 11) is 1.64. The average molecular weight is 973 g/mol. The lowest BCUT2D eigenvalue weighted by atomic mass is 10.0. The van der Waals surface area contributed by atoms with Gasteiger partial charge in [-0.3, -0.25) is 13.8 Å². The number of hydrogen-bond donors (Lipinski definition) is 3. The summed E-state index contributed by atoms with van der Waals surface area (Å²) >= 11 is 0. The van der Waals surface area contributed by atoms with E-state index in [1.165, 1.54) is 250 Å². The predicted octanol–water partition coefficient (Wildman–Crippen LogP) is 18.0. The number of quaternary nitrogens is 1. The van der Waals surface area contributed by atoms with E-state index in [1.807, 2.05) is 21.1 Å². The van der Waals surface area contributed by atoms with E-state index in [-0.39, 0.29) is 19.1 Å². The fourth-order valence-electron chi connectivity index (χ4n) is 9.40. The molecule has 3 atom stereocenters. The average Bonchev–Trinajstić information content (AvgIpc) is 3.29. The molecule has 0 radical (unpaired) electrons. The van der Waals surface area contributed by atoms with E-state index >= 15 is 0 Å². The molecule has 0 saturated heterocycles. The van der Waals surface area contributed by atoms with E-state index in [9.17, 15) is 19.4 Å². The van der Waals surface area contributed by atoms with E-state index < -0.39 is 20.0 Å². The van der Waals surface area contributed by atoms with Gasteiger partial charge in [-0.05, 0) is 12.8 Å². The number of carbonyl (C=O) groups is 1. The van der Waals surface area contributed by atoms with Crippen LogP contribution in [-0.4, -0.2) is 73.4 Å². The number of phosphoric acid groups is 1. The van der Waals surface area contributed by atoms with Gasteiger partial charge in [-0.2, -0.15) is 0 Å². The molecule has 9 heteroatoms. The Morgan fingerprint density at radius 3 is 1.00 bits per heavy atom. The molecule has 0 aromatic rings. The van der Waals surface area contributed by atoms with Gasteiger partial charge in [0.1, 0.15) is 13.2 Å². The fourth-order valence-corrected chi connectivity index (χ4v) is 10.1. The van der Waals surface area contributed by atoms with Gasteiger partial charge in [-0.25, -0.2) is 4.57 Å². The maximum Gasteiger partial charge on any atom is 0.472 e. The maximum atomic E-state index is 13.0. The Bertz CT molecular complexity index is 1060. The van der Waals surface area contributed by atoms with Crippen molar-refractivity contribution in [2.24, 2.45) is 0 Å². The van der Waals surface area contributed by atoms with Gasteiger partial charge in [0.25, 0.3) is 0 Å². The lowest BCUT2D eigenvalue weighted by Gasteiger charge is -2.26. The number of amides is 1. The summed E-state index contributed by atoms with van der Waals surface area (Å²) in [5.41, 5.74) is 0. The highest BCUT2D eigenvalue weighted by atomic mass is 31.2. The number of aliphatic hydroxyl groups excluding tert-OH is 1. The molecule has 0 aliphatic heterocycles. The Hall–Kier alpha value is -0.500. The van der Waals surface area contributed by atoms with Gasteiger partial charge in [0.05, 0.1) is 39.9 Å². The Balaban J connectivity index is 4.01. The van der Waals surface area contributed by atoms with E-state index in [0.29, 0.717) is 23.9 Å². The summed E-state index contributed by atoms with van der Waals surface area (Å²) in [6.07, 6.45) is 60.3. The third kappa shape index (κ3) is 53.1. The monoisotopic (exact) mass is 972 g/mol. The largest absolute Gasteiger partial charge is 0.472 e. The molecule has 8 nitrogen and oxygen atoms in total. The number of aliphatic hydroxyl groups is 1. The minimum absolute atomic E-state index is 0.0791. The summed E-state index contributed by atoms with van der Waals surface area (Å²) in [4.78, 5) is 23.3. The van der Waals surface area contributed by atoms with Crippen molar-refractivity contribution >= 4 is 13.7 Å². The molecule has 0 aromatic heterocycles. The number of hydrogen-bond acceptors (Lipinski definition) is 5. The zero-order valence-electron chi connectivity index (χ0n) is 45.9. The Morgan fingerprint density at radius 1 is 0.448 bits per heavy atom. The van der Waals surface area contributed by atoms with Crippen LogP contribution in [-0.2, 0) is 18.4 Å². The molecule has 0 rings (SSSR count). The fraction of sp³-hybridized carbons (Fsp3) is 0.983. The number of likely N-dealkylation sites (N-methyl/N-ethyl adjacent to an activating group) is 1. The molecule has 0 aromatic carbocycles. The van der Waals surface area contributed by atoms with Crippen LogP contribution in [0, 0.1) is 0 Å². The van der Waals surface area contributed by atoms with Crippen LogP contribution < -0.4 is 5.32 Å². The van der Waals surface area contributed by atoms with Crippen molar-refractivity contribution in [3.05, 3.63) is 0 Å². The van der Waals surface area contributed by atoms with Crippen LogP contribution in [0.5, 0.6) is 0 Å². The summed E-state index contributed by atoms with van der Waals surface area (Å²) in [5, 5.41) is 14.1. The minimum Gasteiger partial charge on any atom is -0.391 e. The van der Waals surface area contributed by atoms with Crippen molar-refractivity contribution in [3.63, 3.8) is 0 Å². The molecule has 0 aliphatic carbocycles. The van der Waals surface area contributed by atoms with Crippen molar-refractivity contribution in [3.8, 4) is 0 Å². The molecule has 0 aliphatic rings. The third-order valence-corrected chi connectivity index (χ3v) is 15.1. The molecule has 0 spiro atoms. The van der Waals surface area contributed by atoms with Crippen LogP contribution in [0.2, 0.25) is 0 Å². The van der Waals surface area contributed by atoms with Crippen LogP contribution in [0.4, 0.5) is 0 Å². The zero-order valence-corrected chi connectivity index (χ0v) is 46.8. The Labute approximate surface area is 419 Å². The number of carbonyl (C=O) groups excluding carboxylic acids is 1. The first kappa shape index (κ1) is 66.5. The number of nitrogens with one attached hydrogen (secondary N) is 1. The van der Waals surface area contributed by atoms with Crippen LogP contribution in [0.1, 0.15) is 316 Å². The standard InChI is InChI=1S/C58H119N2O6P/c1-6-8-10-12-14-16-18-20-22-23-24-25-26-27-28-29-30-31-32-33-34-35-36-38-39-41-43-45-47-49-51-57(61)56(55-66-67(63,64)65-54-53-60(3,4)5)59-58(62)52-50-48-46-44-42-40-37-21-19-17-15-13-11-9-7-2/h56-57,61H,6-55H2,1-5H3,(H-,59,62,63,64)/p+1. The van der Waals surface area contributed by atoms with Gasteiger partial charge in [0.15, 0.2) is 0 Å². The highest BCUT2D eigenvalue weighted by molar-refractivity contribution is 7.47. The molecule has 402 valence electrons. The van der Waals surface area contributed by atoms with E-state index in [1.54, 1.807) is 0 Å². The lowest BCUT2D eigenvalue weighted by molar-refractivity contribution is -0.870. The molecule has 0 heterocycles. The summed E-state index contributed by atoms with van der Waals surface area (Å²) in [5.74, 6) is -0.137. The van der Waals surface area contributed by atoms with Gasteiger partial charge in [-0.15, -0.1) is 0 Å². The van der Waals surface area contributed by atoms with Crippen molar-refractivity contribution in [2.75, 3.05) is 40.9 Å². The van der Waals surface area contributed by atoms with Crippen LogP contribution in [0.25, 0.3) is 0 Å². The van der Waals surface area contributed by atoms with Crippen molar-refractivity contribution in [2.45, 2.75) is 328 Å². The highest BCUT2D eigenvalue weighted by Crippen LogP contribution is 2.43. The van der Waals surface area contributed by atoms with Gasteiger partial charge >= 0.3 is 7.82 Å². The van der Waals surface area contributed by atoms with E-state index in [4.69, 9.17) is 9.05 Å². The van der Waals surface area contributed by atoms with Crippen molar-refractivity contribution < 1.29 is 32.9 Å². The van der Waals surface area contributed by atoms with E-state index in [2.05, 4.69) is 19.2 Å². The highest BCUT2D eigenvalue weighted by Gasteiger charge is 2.28. The van der Waals surface area contributed by atoms with Crippen molar-refractivity contribution in [1.82, 2.24) is 5.32 Å². The lowest BCUT2D eigenvalue weighted by Crippen LogP contribution is -2.46.